The largest absolute Gasteiger partial charge is 0.505 e. The highest BCUT2D eigenvalue weighted by Gasteiger charge is 2.23. The lowest BCUT2D eigenvalue weighted by molar-refractivity contribution is -0.0777. The molecule has 1 atom stereocenters. The maximum absolute atomic E-state index is 10.9. The van der Waals surface area contributed by atoms with Crippen molar-refractivity contribution in [1.82, 2.24) is 9.78 Å². The SMILES string of the molecule is COC(O)CCc1cc(-n2cc3ccccc3n2)c(O)c(C(C)(C)C)c1. The van der Waals surface area contributed by atoms with Gasteiger partial charge in [0.05, 0.1) is 5.52 Å². The van der Waals surface area contributed by atoms with Crippen LogP contribution in [0.2, 0.25) is 0 Å². The molecule has 0 bridgehead atoms. The Morgan fingerprint density at radius 2 is 1.92 bits per heavy atom. The first-order valence-corrected chi connectivity index (χ1v) is 8.81. The third kappa shape index (κ3) is 3.74. The van der Waals surface area contributed by atoms with Gasteiger partial charge in [0.2, 0.25) is 0 Å². The van der Waals surface area contributed by atoms with E-state index in [0.717, 1.165) is 22.0 Å². The van der Waals surface area contributed by atoms with Crippen LogP contribution in [0.3, 0.4) is 0 Å². The number of nitrogens with zero attached hydrogens (tertiary/aromatic N) is 2. The topological polar surface area (TPSA) is 67.5 Å². The average Bonchev–Trinajstić information content (AvgIpc) is 3.03. The third-order valence-electron chi connectivity index (χ3n) is 4.57. The van der Waals surface area contributed by atoms with E-state index in [1.54, 1.807) is 4.68 Å². The molecule has 0 amide bonds. The molecular weight excluding hydrogens is 328 g/mol. The lowest BCUT2D eigenvalue weighted by Crippen LogP contribution is -2.14. The molecule has 5 nitrogen and oxygen atoms in total. The van der Waals surface area contributed by atoms with Gasteiger partial charge in [0, 0.05) is 30.7 Å². The summed E-state index contributed by atoms with van der Waals surface area (Å²) in [6, 6.07) is 11.8. The summed E-state index contributed by atoms with van der Waals surface area (Å²) in [7, 11) is 1.49. The Labute approximate surface area is 153 Å². The number of phenolic OH excluding ortho intramolecular Hbond substituents is 1. The van der Waals surface area contributed by atoms with Gasteiger partial charge in [0.1, 0.15) is 11.4 Å². The number of methoxy groups -OCH3 is 1. The Kier molecular flexibility index (Phi) is 5.03. The fourth-order valence-corrected chi connectivity index (χ4v) is 3.06. The van der Waals surface area contributed by atoms with E-state index in [4.69, 9.17) is 4.74 Å². The molecule has 5 heteroatoms. The van der Waals surface area contributed by atoms with Gasteiger partial charge in [-0.15, -0.1) is 0 Å². The Morgan fingerprint density at radius 3 is 2.58 bits per heavy atom. The van der Waals surface area contributed by atoms with Gasteiger partial charge in [0.25, 0.3) is 0 Å². The van der Waals surface area contributed by atoms with Crippen molar-refractivity contribution in [2.24, 2.45) is 0 Å². The predicted molar refractivity (Wildman–Crippen MR) is 103 cm³/mol. The van der Waals surface area contributed by atoms with E-state index in [-0.39, 0.29) is 11.2 Å². The van der Waals surface area contributed by atoms with Crippen molar-refractivity contribution in [2.45, 2.75) is 45.3 Å². The molecule has 1 aromatic heterocycles. The smallest absolute Gasteiger partial charge is 0.154 e. The average molecular weight is 354 g/mol. The van der Waals surface area contributed by atoms with Gasteiger partial charge >= 0.3 is 0 Å². The van der Waals surface area contributed by atoms with Gasteiger partial charge in [-0.2, -0.15) is 5.10 Å². The Hall–Kier alpha value is -2.37. The number of aryl methyl sites for hydroxylation is 1. The quantitative estimate of drug-likeness (QED) is 0.681. The summed E-state index contributed by atoms with van der Waals surface area (Å²) in [6.45, 7) is 6.21. The zero-order valence-corrected chi connectivity index (χ0v) is 15.7. The van der Waals surface area contributed by atoms with E-state index in [0.29, 0.717) is 18.5 Å². The van der Waals surface area contributed by atoms with Gasteiger partial charge < -0.3 is 14.9 Å². The highest BCUT2D eigenvalue weighted by molar-refractivity contribution is 5.78. The van der Waals surface area contributed by atoms with Crippen molar-refractivity contribution in [3.8, 4) is 11.4 Å². The number of aromatic nitrogens is 2. The number of phenols is 1. The van der Waals surface area contributed by atoms with Crippen molar-refractivity contribution in [2.75, 3.05) is 7.11 Å². The predicted octanol–water partition coefficient (Wildman–Crippen LogP) is 3.93. The lowest BCUT2D eigenvalue weighted by Gasteiger charge is -2.23. The number of aliphatic hydroxyl groups excluding tert-OH is 1. The molecule has 0 saturated heterocycles. The van der Waals surface area contributed by atoms with Crippen molar-refractivity contribution < 1.29 is 14.9 Å². The van der Waals surface area contributed by atoms with E-state index in [9.17, 15) is 10.2 Å². The molecular formula is C21H26N2O3. The summed E-state index contributed by atoms with van der Waals surface area (Å²) < 4.78 is 6.66. The molecule has 0 spiro atoms. The maximum Gasteiger partial charge on any atom is 0.154 e. The summed E-state index contributed by atoms with van der Waals surface area (Å²) in [5.41, 5.74) is 3.19. The second kappa shape index (κ2) is 7.09. The molecule has 1 unspecified atom stereocenters. The van der Waals surface area contributed by atoms with Gasteiger partial charge in [-0.1, -0.05) is 45.0 Å². The summed E-state index contributed by atoms with van der Waals surface area (Å²) in [5, 5.41) is 26.2. The molecule has 0 saturated carbocycles. The Bertz CT molecular complexity index is 876. The minimum atomic E-state index is -0.794. The Balaban J connectivity index is 2.10. The molecule has 2 aromatic carbocycles. The van der Waals surface area contributed by atoms with Crippen LogP contribution >= 0.6 is 0 Å². The van der Waals surface area contributed by atoms with Crippen molar-refractivity contribution in [3.63, 3.8) is 0 Å². The molecule has 0 fully saturated rings. The van der Waals surface area contributed by atoms with Gasteiger partial charge in [-0.3, -0.25) is 0 Å². The van der Waals surface area contributed by atoms with E-state index >= 15 is 0 Å². The maximum atomic E-state index is 10.9. The van der Waals surface area contributed by atoms with Crippen LogP contribution in [0, 0.1) is 0 Å². The molecule has 3 aromatic rings. The minimum absolute atomic E-state index is 0.221. The number of hydrogen-bond donors (Lipinski definition) is 2. The molecule has 138 valence electrons. The fraction of sp³-hybridized carbons (Fsp3) is 0.381. The van der Waals surface area contributed by atoms with Gasteiger partial charge in [-0.05, 0) is 29.5 Å². The monoisotopic (exact) mass is 354 g/mol. The molecule has 1 heterocycles. The normalized spacial score (nSPS) is 13.3. The molecule has 0 aliphatic carbocycles. The first-order valence-electron chi connectivity index (χ1n) is 8.81. The third-order valence-corrected chi connectivity index (χ3v) is 4.57. The van der Waals surface area contributed by atoms with Crippen LogP contribution in [0.25, 0.3) is 16.6 Å². The molecule has 26 heavy (non-hydrogen) atoms. The zero-order chi connectivity index (χ0) is 18.9. The number of aromatic hydroxyl groups is 1. The van der Waals surface area contributed by atoms with Crippen LogP contribution in [-0.4, -0.2) is 33.4 Å². The summed E-state index contributed by atoms with van der Waals surface area (Å²) in [6.07, 6.45) is 2.26. The minimum Gasteiger partial charge on any atom is -0.505 e. The second-order valence-electron chi connectivity index (χ2n) is 7.62. The highest BCUT2D eigenvalue weighted by atomic mass is 16.6. The second-order valence-corrected chi connectivity index (χ2v) is 7.62. The first-order chi connectivity index (χ1) is 12.3. The number of rotatable bonds is 5. The molecule has 2 N–H and O–H groups in total. The van der Waals surface area contributed by atoms with Crippen LogP contribution < -0.4 is 0 Å². The van der Waals surface area contributed by atoms with Gasteiger partial charge in [-0.25, -0.2) is 4.68 Å². The van der Waals surface area contributed by atoms with Crippen LogP contribution in [0.5, 0.6) is 5.75 Å². The standard InChI is InChI=1S/C21H26N2O3/c1-21(2,3)16-11-14(9-10-19(24)26-4)12-18(20(16)25)23-13-15-7-5-6-8-17(15)22-23/h5-8,11-13,19,24-25H,9-10H2,1-4H3. The van der Waals surface area contributed by atoms with Crippen molar-refractivity contribution >= 4 is 10.9 Å². The summed E-state index contributed by atoms with van der Waals surface area (Å²) >= 11 is 0. The van der Waals surface area contributed by atoms with E-state index in [1.165, 1.54) is 7.11 Å². The summed E-state index contributed by atoms with van der Waals surface area (Å²) in [5.74, 6) is 0.237. The molecule has 0 aliphatic heterocycles. The number of hydrogen-bond acceptors (Lipinski definition) is 4. The lowest BCUT2D eigenvalue weighted by atomic mass is 9.84. The number of benzene rings is 2. The van der Waals surface area contributed by atoms with E-state index in [1.807, 2.05) is 42.6 Å². The van der Waals surface area contributed by atoms with E-state index < -0.39 is 6.29 Å². The van der Waals surface area contributed by atoms with Crippen LogP contribution in [0.4, 0.5) is 0 Å². The summed E-state index contributed by atoms with van der Waals surface area (Å²) in [4.78, 5) is 0. The number of fused-ring (bicyclic) bond motifs is 1. The molecule has 0 aliphatic rings. The number of aliphatic hydroxyl groups is 1. The van der Waals surface area contributed by atoms with Crippen LogP contribution in [0.15, 0.2) is 42.6 Å². The molecule has 0 radical (unpaired) electrons. The van der Waals surface area contributed by atoms with Gasteiger partial charge in [0.15, 0.2) is 6.29 Å². The molecule has 3 rings (SSSR count). The van der Waals surface area contributed by atoms with Crippen LogP contribution in [-0.2, 0) is 16.6 Å². The van der Waals surface area contributed by atoms with E-state index in [2.05, 4.69) is 25.9 Å². The van der Waals surface area contributed by atoms with Crippen molar-refractivity contribution in [3.05, 3.63) is 53.7 Å². The zero-order valence-electron chi connectivity index (χ0n) is 15.7. The fourth-order valence-electron chi connectivity index (χ4n) is 3.06. The Morgan fingerprint density at radius 1 is 1.19 bits per heavy atom. The van der Waals surface area contributed by atoms with Crippen molar-refractivity contribution in [1.29, 1.82) is 0 Å². The highest BCUT2D eigenvalue weighted by Crippen LogP contribution is 2.37. The number of ether oxygens (including phenoxy) is 1. The first kappa shape index (κ1) is 18.4. The van der Waals surface area contributed by atoms with Crippen LogP contribution in [0.1, 0.15) is 38.3 Å².